The number of nitrogens with zero attached hydrogens (tertiary/aromatic N) is 1. The third-order valence-electron chi connectivity index (χ3n) is 2.46. The summed E-state index contributed by atoms with van der Waals surface area (Å²) in [6, 6.07) is 0.823. The topological polar surface area (TPSA) is 146 Å². The molecule has 0 atom stereocenters. The number of aliphatic hydroxyl groups is 2. The van der Waals surface area contributed by atoms with Crippen molar-refractivity contribution in [1.29, 1.82) is 0 Å². The van der Waals surface area contributed by atoms with E-state index >= 15 is 0 Å². The lowest BCUT2D eigenvalue weighted by atomic mass is 10.0. The van der Waals surface area contributed by atoms with E-state index in [2.05, 4.69) is 10.3 Å². The van der Waals surface area contributed by atoms with Crippen molar-refractivity contribution < 1.29 is 19.9 Å². The molecule has 19 heavy (non-hydrogen) atoms. The Kier molecular flexibility index (Phi) is 4.35. The van der Waals surface area contributed by atoms with Crippen molar-refractivity contribution in [2.24, 2.45) is 0 Å². The molecule has 0 fully saturated rings. The van der Waals surface area contributed by atoms with Crippen molar-refractivity contribution in [3.8, 4) is 0 Å². The average molecular weight is 271 g/mol. The van der Waals surface area contributed by atoms with Gasteiger partial charge in [0.1, 0.15) is 5.56 Å². The summed E-state index contributed by atoms with van der Waals surface area (Å²) in [5.74, 6) is -0.921. The fraction of sp³-hybridized carbons (Fsp3) is 0.400. The largest absolute Gasteiger partial charge is 0.394 e. The van der Waals surface area contributed by atoms with Crippen LogP contribution >= 0.6 is 0 Å². The van der Waals surface area contributed by atoms with Gasteiger partial charge in [0.05, 0.1) is 29.9 Å². The van der Waals surface area contributed by atoms with E-state index in [1.165, 1.54) is 6.92 Å². The highest BCUT2D eigenvalue weighted by molar-refractivity contribution is 5.94. The number of nitrogens with one attached hydrogen (secondary N) is 2. The Morgan fingerprint density at radius 3 is 2.58 bits per heavy atom. The maximum absolute atomic E-state index is 11.8. The molecule has 0 bridgehead atoms. The quantitative estimate of drug-likeness (QED) is 0.389. The van der Waals surface area contributed by atoms with Gasteiger partial charge in [0.15, 0.2) is 0 Å². The maximum atomic E-state index is 11.8. The molecule has 0 aliphatic carbocycles. The molecule has 0 aliphatic heterocycles. The van der Waals surface area contributed by atoms with Crippen LogP contribution in [-0.2, 0) is 0 Å². The molecule has 0 unspecified atom stereocenters. The van der Waals surface area contributed by atoms with Crippen LogP contribution in [0.2, 0.25) is 0 Å². The van der Waals surface area contributed by atoms with Crippen LogP contribution < -0.4 is 10.9 Å². The van der Waals surface area contributed by atoms with E-state index in [0.717, 1.165) is 12.3 Å². The molecule has 0 saturated carbocycles. The van der Waals surface area contributed by atoms with Gasteiger partial charge >= 0.3 is 0 Å². The van der Waals surface area contributed by atoms with Crippen molar-refractivity contribution in [2.45, 2.75) is 12.5 Å². The number of carbonyl (C=O) groups excluding carboxylic acids is 1. The van der Waals surface area contributed by atoms with Gasteiger partial charge in [-0.15, -0.1) is 0 Å². The number of hydrogen-bond donors (Lipinski definition) is 4. The van der Waals surface area contributed by atoms with Gasteiger partial charge in [0.2, 0.25) is 0 Å². The Morgan fingerprint density at radius 1 is 1.53 bits per heavy atom. The van der Waals surface area contributed by atoms with Crippen LogP contribution in [0, 0.1) is 10.1 Å². The van der Waals surface area contributed by atoms with Gasteiger partial charge in [-0.2, -0.15) is 0 Å². The number of H-pyrrole nitrogens is 1. The minimum Gasteiger partial charge on any atom is -0.394 e. The molecule has 4 N–H and O–H groups in total. The molecule has 9 heteroatoms. The monoisotopic (exact) mass is 271 g/mol. The number of carbonyl (C=O) groups is 1. The minimum atomic E-state index is -1.33. The number of amides is 1. The van der Waals surface area contributed by atoms with Crippen LogP contribution in [0.1, 0.15) is 17.3 Å². The second kappa shape index (κ2) is 5.59. The SMILES string of the molecule is CC(CO)(CO)NC(=O)c1cc([N+](=O)[O-])c[nH]c1=O. The summed E-state index contributed by atoms with van der Waals surface area (Å²) in [7, 11) is 0. The number of aliphatic hydroxyl groups excluding tert-OH is 2. The van der Waals surface area contributed by atoms with Crippen LogP contribution in [0.25, 0.3) is 0 Å². The normalized spacial score (nSPS) is 11.1. The number of aromatic amines is 1. The molecule has 1 amide bonds. The first-order chi connectivity index (χ1) is 8.83. The summed E-state index contributed by atoms with van der Waals surface area (Å²) in [4.78, 5) is 35.1. The molecule has 0 saturated heterocycles. The summed E-state index contributed by atoms with van der Waals surface area (Å²) in [6.45, 7) is 0.251. The number of aromatic nitrogens is 1. The Balaban J connectivity index is 3.09. The highest BCUT2D eigenvalue weighted by Crippen LogP contribution is 2.09. The molecule has 1 heterocycles. The van der Waals surface area contributed by atoms with Gasteiger partial charge in [-0.05, 0) is 6.92 Å². The average Bonchev–Trinajstić information content (AvgIpc) is 2.38. The number of hydrogen-bond acceptors (Lipinski definition) is 6. The Bertz CT molecular complexity index is 548. The first-order valence-electron chi connectivity index (χ1n) is 5.24. The molecule has 1 aromatic heterocycles. The number of pyridine rings is 1. The van der Waals surface area contributed by atoms with Crippen LogP contribution in [0.15, 0.2) is 17.1 Å². The fourth-order valence-electron chi connectivity index (χ4n) is 1.22. The van der Waals surface area contributed by atoms with Crippen molar-refractivity contribution in [1.82, 2.24) is 10.3 Å². The number of rotatable bonds is 5. The van der Waals surface area contributed by atoms with E-state index < -0.39 is 46.4 Å². The summed E-state index contributed by atoms with van der Waals surface area (Å²) >= 11 is 0. The van der Waals surface area contributed by atoms with E-state index in [-0.39, 0.29) is 0 Å². The highest BCUT2D eigenvalue weighted by atomic mass is 16.6. The fourth-order valence-corrected chi connectivity index (χ4v) is 1.22. The molecule has 9 nitrogen and oxygen atoms in total. The zero-order valence-corrected chi connectivity index (χ0v) is 10.0. The molecular weight excluding hydrogens is 258 g/mol. The Morgan fingerprint density at radius 2 is 2.11 bits per heavy atom. The minimum absolute atomic E-state index is 0.445. The lowest BCUT2D eigenvalue weighted by Crippen LogP contribution is -2.52. The molecule has 0 aliphatic rings. The van der Waals surface area contributed by atoms with Crippen LogP contribution in [0.4, 0.5) is 5.69 Å². The zero-order chi connectivity index (χ0) is 14.6. The Labute approximate surface area is 107 Å². The van der Waals surface area contributed by atoms with E-state index in [1.54, 1.807) is 0 Å². The second-order valence-corrected chi connectivity index (χ2v) is 4.19. The molecule has 104 valence electrons. The second-order valence-electron chi connectivity index (χ2n) is 4.19. The molecular formula is C10H13N3O6. The van der Waals surface area contributed by atoms with Gasteiger partial charge in [0, 0.05) is 6.07 Å². The molecule has 1 rings (SSSR count). The lowest BCUT2D eigenvalue weighted by molar-refractivity contribution is -0.385. The first kappa shape index (κ1) is 14.8. The van der Waals surface area contributed by atoms with Gasteiger partial charge in [0.25, 0.3) is 17.2 Å². The molecule has 0 aromatic carbocycles. The molecule has 0 radical (unpaired) electrons. The predicted octanol–water partition coefficient (Wildman–Crippen LogP) is -1.24. The van der Waals surface area contributed by atoms with Crippen molar-refractivity contribution in [3.05, 3.63) is 38.3 Å². The van der Waals surface area contributed by atoms with Gasteiger partial charge in [-0.3, -0.25) is 19.7 Å². The zero-order valence-electron chi connectivity index (χ0n) is 10.0. The van der Waals surface area contributed by atoms with Gasteiger partial charge in [-0.1, -0.05) is 0 Å². The van der Waals surface area contributed by atoms with E-state index in [1.807, 2.05) is 0 Å². The van der Waals surface area contributed by atoms with Crippen LogP contribution in [0.3, 0.4) is 0 Å². The highest BCUT2D eigenvalue weighted by Gasteiger charge is 2.27. The number of nitro groups is 1. The standard InChI is InChI=1S/C10H13N3O6/c1-10(4-14,5-15)12-9(17)7-2-6(13(18)19)3-11-8(7)16/h2-3,14-15H,4-5H2,1H3,(H,11,16)(H,12,17). The summed E-state index contributed by atoms with van der Waals surface area (Å²) < 4.78 is 0. The van der Waals surface area contributed by atoms with E-state index in [0.29, 0.717) is 0 Å². The predicted molar refractivity (Wildman–Crippen MR) is 63.8 cm³/mol. The van der Waals surface area contributed by atoms with Gasteiger partial charge in [-0.25, -0.2) is 0 Å². The maximum Gasteiger partial charge on any atom is 0.286 e. The summed E-state index contributed by atoms with van der Waals surface area (Å²) in [5, 5.41) is 30.8. The Hall–Kier alpha value is -2.26. The summed E-state index contributed by atoms with van der Waals surface area (Å²) in [5.41, 5.74) is -3.04. The van der Waals surface area contributed by atoms with Crippen LogP contribution in [-0.4, -0.2) is 44.8 Å². The molecule has 0 spiro atoms. The van der Waals surface area contributed by atoms with Crippen LogP contribution in [0.5, 0.6) is 0 Å². The third-order valence-corrected chi connectivity index (χ3v) is 2.46. The van der Waals surface area contributed by atoms with E-state index in [4.69, 9.17) is 10.2 Å². The smallest absolute Gasteiger partial charge is 0.286 e. The lowest BCUT2D eigenvalue weighted by Gasteiger charge is -2.25. The summed E-state index contributed by atoms with van der Waals surface area (Å²) in [6.07, 6.45) is 0.871. The van der Waals surface area contributed by atoms with Crippen molar-refractivity contribution in [2.75, 3.05) is 13.2 Å². The molecule has 1 aromatic rings. The van der Waals surface area contributed by atoms with Gasteiger partial charge < -0.3 is 20.5 Å². The van der Waals surface area contributed by atoms with E-state index in [9.17, 15) is 19.7 Å². The van der Waals surface area contributed by atoms with Crippen molar-refractivity contribution in [3.63, 3.8) is 0 Å². The first-order valence-corrected chi connectivity index (χ1v) is 5.24. The third kappa shape index (κ3) is 3.36. The van der Waals surface area contributed by atoms with Crippen molar-refractivity contribution >= 4 is 11.6 Å².